The molecule has 3 nitrogen and oxygen atoms in total. The van der Waals surface area contributed by atoms with Crippen LogP contribution >= 0.6 is 11.6 Å². The lowest BCUT2D eigenvalue weighted by Crippen LogP contribution is -2.45. The zero-order valence-electron chi connectivity index (χ0n) is 11.7. The topological polar surface area (TPSA) is 28.2 Å². The Morgan fingerprint density at radius 2 is 2.37 bits per heavy atom. The van der Waals surface area contributed by atoms with Gasteiger partial charge in [-0.15, -0.1) is 0 Å². The molecular weight excluding hydrogens is 258 g/mol. The van der Waals surface area contributed by atoms with Crippen LogP contribution in [0, 0.1) is 0 Å². The van der Waals surface area contributed by atoms with Crippen molar-refractivity contribution in [2.24, 2.45) is 0 Å². The van der Waals surface area contributed by atoms with Crippen LogP contribution in [0.4, 0.5) is 0 Å². The molecule has 1 saturated heterocycles. The van der Waals surface area contributed by atoms with Gasteiger partial charge in [-0.3, -0.25) is 9.88 Å². The predicted octanol–water partition coefficient (Wildman–Crippen LogP) is 3.09. The van der Waals surface area contributed by atoms with Crippen LogP contribution in [0.5, 0.6) is 0 Å². The largest absolute Gasteiger partial charge is 0.315 e. The first-order chi connectivity index (χ1) is 9.31. The lowest BCUT2D eigenvalue weighted by molar-refractivity contribution is 0.137. The third kappa shape index (κ3) is 4.44. The predicted molar refractivity (Wildman–Crippen MR) is 80.5 cm³/mol. The van der Waals surface area contributed by atoms with Crippen molar-refractivity contribution >= 4 is 11.6 Å². The SMILES string of the molecule is CCCNCC1CCCCN1Cc1ccncc1Cl. The average molecular weight is 282 g/mol. The van der Waals surface area contributed by atoms with E-state index in [1.54, 1.807) is 6.20 Å². The maximum absolute atomic E-state index is 6.21. The van der Waals surface area contributed by atoms with Crippen LogP contribution in [0.25, 0.3) is 0 Å². The van der Waals surface area contributed by atoms with Crippen molar-refractivity contribution in [1.82, 2.24) is 15.2 Å². The normalized spacial score (nSPS) is 20.6. The second-order valence-electron chi connectivity index (χ2n) is 5.29. The molecule has 1 aromatic heterocycles. The summed E-state index contributed by atoms with van der Waals surface area (Å²) in [5.41, 5.74) is 1.19. The Bertz CT molecular complexity index is 383. The van der Waals surface area contributed by atoms with Crippen LogP contribution in [0.3, 0.4) is 0 Å². The molecule has 1 fully saturated rings. The van der Waals surface area contributed by atoms with Crippen molar-refractivity contribution in [2.45, 2.75) is 45.2 Å². The van der Waals surface area contributed by atoms with Gasteiger partial charge in [-0.2, -0.15) is 0 Å². The molecule has 0 aromatic carbocycles. The van der Waals surface area contributed by atoms with Gasteiger partial charge < -0.3 is 5.32 Å². The molecule has 1 aromatic rings. The highest BCUT2D eigenvalue weighted by Crippen LogP contribution is 2.22. The molecule has 1 unspecified atom stereocenters. The summed E-state index contributed by atoms with van der Waals surface area (Å²) in [6, 6.07) is 2.68. The molecule has 0 radical (unpaired) electrons. The van der Waals surface area contributed by atoms with Gasteiger partial charge in [0.15, 0.2) is 0 Å². The first-order valence-electron chi connectivity index (χ1n) is 7.34. The molecule has 0 bridgehead atoms. The second-order valence-corrected chi connectivity index (χ2v) is 5.70. The molecule has 1 aliphatic rings. The van der Waals surface area contributed by atoms with E-state index < -0.39 is 0 Å². The van der Waals surface area contributed by atoms with Crippen LogP contribution in [0.15, 0.2) is 18.5 Å². The van der Waals surface area contributed by atoms with E-state index in [-0.39, 0.29) is 0 Å². The molecule has 2 heterocycles. The maximum Gasteiger partial charge on any atom is 0.0634 e. The highest BCUT2D eigenvalue weighted by atomic mass is 35.5. The number of likely N-dealkylation sites (tertiary alicyclic amines) is 1. The summed E-state index contributed by atoms with van der Waals surface area (Å²) in [6.07, 6.45) is 8.70. The number of hydrogen-bond acceptors (Lipinski definition) is 3. The number of nitrogens with one attached hydrogen (secondary N) is 1. The summed E-state index contributed by atoms with van der Waals surface area (Å²) in [6.45, 7) is 6.54. The molecule has 1 aliphatic heterocycles. The summed E-state index contributed by atoms with van der Waals surface area (Å²) in [7, 11) is 0. The fraction of sp³-hybridized carbons (Fsp3) is 0.667. The molecule has 0 spiro atoms. The highest BCUT2D eigenvalue weighted by molar-refractivity contribution is 6.31. The van der Waals surface area contributed by atoms with Gasteiger partial charge in [0.1, 0.15) is 0 Å². The van der Waals surface area contributed by atoms with E-state index in [2.05, 4.69) is 22.1 Å². The summed E-state index contributed by atoms with van der Waals surface area (Å²) < 4.78 is 0. The van der Waals surface area contributed by atoms with Crippen LogP contribution in [-0.2, 0) is 6.54 Å². The minimum absolute atomic E-state index is 0.643. The maximum atomic E-state index is 6.21. The quantitative estimate of drug-likeness (QED) is 0.812. The van der Waals surface area contributed by atoms with E-state index in [4.69, 9.17) is 11.6 Å². The Kier molecular flexibility index (Phi) is 6.08. The van der Waals surface area contributed by atoms with E-state index in [0.717, 1.165) is 24.7 Å². The summed E-state index contributed by atoms with van der Waals surface area (Å²) in [5, 5.41) is 4.33. The molecular formula is C15H24ClN3. The Morgan fingerprint density at radius 3 is 3.16 bits per heavy atom. The molecule has 19 heavy (non-hydrogen) atoms. The van der Waals surface area contributed by atoms with Crippen LogP contribution < -0.4 is 5.32 Å². The van der Waals surface area contributed by atoms with Crippen molar-refractivity contribution in [1.29, 1.82) is 0 Å². The molecule has 4 heteroatoms. The molecule has 1 N–H and O–H groups in total. The summed E-state index contributed by atoms with van der Waals surface area (Å²) in [4.78, 5) is 6.62. The molecule has 0 amide bonds. The minimum atomic E-state index is 0.643. The van der Waals surface area contributed by atoms with Crippen molar-refractivity contribution in [3.05, 3.63) is 29.0 Å². The Hall–Kier alpha value is -0.640. The van der Waals surface area contributed by atoms with Crippen molar-refractivity contribution in [2.75, 3.05) is 19.6 Å². The van der Waals surface area contributed by atoms with E-state index >= 15 is 0 Å². The Labute approximate surface area is 121 Å². The van der Waals surface area contributed by atoms with Crippen LogP contribution in [0.2, 0.25) is 5.02 Å². The number of hydrogen-bond donors (Lipinski definition) is 1. The Morgan fingerprint density at radius 1 is 1.47 bits per heavy atom. The van der Waals surface area contributed by atoms with Crippen molar-refractivity contribution in [3.63, 3.8) is 0 Å². The van der Waals surface area contributed by atoms with Crippen LogP contribution in [-0.4, -0.2) is 35.6 Å². The first kappa shape index (κ1) is 14.8. The summed E-state index contributed by atoms with van der Waals surface area (Å²) in [5.74, 6) is 0. The zero-order valence-corrected chi connectivity index (χ0v) is 12.5. The van der Waals surface area contributed by atoms with Crippen LogP contribution in [0.1, 0.15) is 38.2 Å². The van der Waals surface area contributed by atoms with Gasteiger partial charge in [0.25, 0.3) is 0 Å². The van der Waals surface area contributed by atoms with Gasteiger partial charge in [-0.05, 0) is 44.0 Å². The number of piperidine rings is 1. The van der Waals surface area contributed by atoms with Gasteiger partial charge in [0.2, 0.25) is 0 Å². The third-order valence-corrected chi connectivity index (χ3v) is 4.13. The number of nitrogens with zero attached hydrogens (tertiary/aromatic N) is 2. The summed E-state index contributed by atoms with van der Waals surface area (Å²) >= 11 is 6.21. The average Bonchev–Trinajstić information content (AvgIpc) is 2.43. The van der Waals surface area contributed by atoms with Crippen molar-refractivity contribution in [3.8, 4) is 0 Å². The number of pyridine rings is 1. The second kappa shape index (κ2) is 7.83. The highest BCUT2D eigenvalue weighted by Gasteiger charge is 2.22. The van der Waals surface area contributed by atoms with Crippen molar-refractivity contribution < 1.29 is 0 Å². The number of halogens is 1. The Balaban J connectivity index is 1.93. The van der Waals surface area contributed by atoms with Gasteiger partial charge >= 0.3 is 0 Å². The first-order valence-corrected chi connectivity index (χ1v) is 7.72. The van der Waals surface area contributed by atoms with E-state index in [0.29, 0.717) is 6.04 Å². The fourth-order valence-corrected chi connectivity index (χ4v) is 2.87. The lowest BCUT2D eigenvalue weighted by Gasteiger charge is -2.36. The molecule has 2 rings (SSSR count). The minimum Gasteiger partial charge on any atom is -0.315 e. The smallest absolute Gasteiger partial charge is 0.0634 e. The number of rotatable bonds is 6. The van der Waals surface area contributed by atoms with Gasteiger partial charge in [-0.25, -0.2) is 0 Å². The van der Waals surface area contributed by atoms with E-state index in [9.17, 15) is 0 Å². The lowest BCUT2D eigenvalue weighted by atomic mass is 10.0. The number of aromatic nitrogens is 1. The van der Waals surface area contributed by atoms with Gasteiger partial charge in [0, 0.05) is 31.5 Å². The van der Waals surface area contributed by atoms with Gasteiger partial charge in [-0.1, -0.05) is 24.9 Å². The fourth-order valence-electron chi connectivity index (χ4n) is 2.70. The molecule has 1 atom stereocenters. The zero-order chi connectivity index (χ0) is 13.5. The molecule has 0 saturated carbocycles. The van der Waals surface area contributed by atoms with E-state index in [1.165, 1.54) is 37.8 Å². The molecule has 0 aliphatic carbocycles. The standard InChI is InChI=1S/C15H24ClN3/c1-2-7-17-10-14-5-3-4-9-19(14)12-13-6-8-18-11-15(13)16/h6,8,11,14,17H,2-5,7,9-10,12H2,1H3. The molecule has 106 valence electrons. The monoisotopic (exact) mass is 281 g/mol. The van der Waals surface area contributed by atoms with Gasteiger partial charge in [0.05, 0.1) is 5.02 Å². The third-order valence-electron chi connectivity index (χ3n) is 3.79. The van der Waals surface area contributed by atoms with E-state index in [1.807, 2.05) is 12.3 Å².